The first-order valence-corrected chi connectivity index (χ1v) is 5.76. The highest BCUT2D eigenvalue weighted by atomic mass is 16.3. The van der Waals surface area contributed by atoms with Crippen molar-refractivity contribution in [2.24, 2.45) is 0 Å². The summed E-state index contributed by atoms with van der Waals surface area (Å²) in [7, 11) is 0. The van der Waals surface area contributed by atoms with Crippen molar-refractivity contribution in [1.82, 2.24) is 5.32 Å². The van der Waals surface area contributed by atoms with E-state index < -0.39 is 0 Å². The molecule has 0 saturated heterocycles. The minimum atomic E-state index is -0.0197. The zero-order valence-corrected chi connectivity index (χ0v) is 9.40. The molecule has 0 saturated carbocycles. The molecule has 0 fully saturated rings. The topological polar surface area (TPSA) is 42.2 Å². The summed E-state index contributed by atoms with van der Waals surface area (Å²) in [6, 6.07) is 9.34. The van der Waals surface area contributed by atoms with E-state index in [0.29, 0.717) is 5.76 Å². The first-order chi connectivity index (χ1) is 8.36. The van der Waals surface area contributed by atoms with Crippen molar-refractivity contribution in [3.8, 4) is 0 Å². The number of furan rings is 1. The van der Waals surface area contributed by atoms with E-state index >= 15 is 0 Å². The standard InChI is InChI=1S/C14H13NO2/c16-14(13-5-2-8-17-13)12-4-1-3-10-9-15-7-6-11(10)12/h1-5,8,15H,6-7,9H2. The van der Waals surface area contributed by atoms with Crippen LogP contribution in [0.1, 0.15) is 27.2 Å². The highest BCUT2D eigenvalue weighted by molar-refractivity contribution is 6.08. The number of ketones is 1. The number of rotatable bonds is 2. The molecule has 0 radical (unpaired) electrons. The molecule has 17 heavy (non-hydrogen) atoms. The lowest BCUT2D eigenvalue weighted by atomic mass is 9.93. The Morgan fingerprint density at radius 2 is 2.18 bits per heavy atom. The Labute approximate surface area is 99.4 Å². The first kappa shape index (κ1) is 10.3. The summed E-state index contributed by atoms with van der Waals surface area (Å²) in [6.07, 6.45) is 2.43. The molecule has 0 amide bonds. The van der Waals surface area contributed by atoms with Crippen molar-refractivity contribution in [3.63, 3.8) is 0 Å². The van der Waals surface area contributed by atoms with Gasteiger partial charge in [0.15, 0.2) is 5.76 Å². The molecule has 2 aromatic rings. The van der Waals surface area contributed by atoms with E-state index in [1.54, 1.807) is 12.1 Å². The molecule has 0 atom stereocenters. The molecule has 3 rings (SSSR count). The van der Waals surface area contributed by atoms with E-state index in [2.05, 4.69) is 11.4 Å². The molecule has 1 N–H and O–H groups in total. The zero-order chi connectivity index (χ0) is 11.7. The predicted molar refractivity (Wildman–Crippen MR) is 64.0 cm³/mol. The van der Waals surface area contributed by atoms with Crippen molar-refractivity contribution in [3.05, 3.63) is 59.0 Å². The molecule has 1 aromatic heterocycles. The fourth-order valence-electron chi connectivity index (χ4n) is 2.29. The summed E-state index contributed by atoms with van der Waals surface area (Å²) in [5, 5.41) is 3.31. The van der Waals surface area contributed by atoms with Crippen molar-refractivity contribution in [2.45, 2.75) is 13.0 Å². The number of nitrogens with one attached hydrogen (secondary N) is 1. The minimum absolute atomic E-state index is 0.0197. The van der Waals surface area contributed by atoms with Crippen molar-refractivity contribution < 1.29 is 9.21 Å². The highest BCUT2D eigenvalue weighted by Crippen LogP contribution is 2.21. The molecule has 0 spiro atoms. The normalized spacial score (nSPS) is 14.4. The van der Waals surface area contributed by atoms with Gasteiger partial charge in [0.1, 0.15) is 0 Å². The minimum Gasteiger partial charge on any atom is -0.461 e. The van der Waals surface area contributed by atoms with Crippen molar-refractivity contribution in [2.75, 3.05) is 6.54 Å². The van der Waals surface area contributed by atoms with Gasteiger partial charge in [0.05, 0.1) is 6.26 Å². The van der Waals surface area contributed by atoms with Gasteiger partial charge in [-0.25, -0.2) is 0 Å². The number of hydrogen-bond acceptors (Lipinski definition) is 3. The Morgan fingerprint density at radius 1 is 1.24 bits per heavy atom. The van der Waals surface area contributed by atoms with Crippen LogP contribution in [0.3, 0.4) is 0 Å². The van der Waals surface area contributed by atoms with E-state index in [1.807, 2.05) is 12.1 Å². The first-order valence-electron chi connectivity index (χ1n) is 5.76. The number of benzene rings is 1. The Bertz CT molecular complexity index is 543. The van der Waals surface area contributed by atoms with Gasteiger partial charge in [0.2, 0.25) is 5.78 Å². The Morgan fingerprint density at radius 3 is 3.00 bits per heavy atom. The van der Waals surface area contributed by atoms with Gasteiger partial charge in [-0.05, 0) is 36.2 Å². The van der Waals surface area contributed by atoms with E-state index in [9.17, 15) is 4.79 Å². The second-order valence-corrected chi connectivity index (χ2v) is 4.18. The SMILES string of the molecule is O=C(c1ccco1)c1cccc2c1CCNC2. The Balaban J connectivity index is 2.06. The van der Waals surface area contributed by atoms with Gasteiger partial charge in [0.25, 0.3) is 0 Å². The van der Waals surface area contributed by atoms with Crippen molar-refractivity contribution >= 4 is 5.78 Å². The smallest absolute Gasteiger partial charge is 0.228 e. The van der Waals surface area contributed by atoms with E-state index in [-0.39, 0.29) is 5.78 Å². The second kappa shape index (κ2) is 4.18. The van der Waals surface area contributed by atoms with Crippen LogP contribution in [0.25, 0.3) is 0 Å². The van der Waals surface area contributed by atoms with Gasteiger partial charge >= 0.3 is 0 Å². The fourth-order valence-corrected chi connectivity index (χ4v) is 2.29. The average molecular weight is 227 g/mol. The molecule has 86 valence electrons. The fraction of sp³-hybridized carbons (Fsp3) is 0.214. The van der Waals surface area contributed by atoms with E-state index in [0.717, 1.165) is 30.6 Å². The summed E-state index contributed by atoms with van der Waals surface area (Å²) in [6.45, 7) is 1.77. The summed E-state index contributed by atoms with van der Waals surface area (Å²) in [5.74, 6) is 0.394. The van der Waals surface area contributed by atoms with Gasteiger partial charge < -0.3 is 9.73 Å². The summed E-state index contributed by atoms with van der Waals surface area (Å²) in [5.41, 5.74) is 3.15. The molecular weight excluding hydrogens is 214 g/mol. The van der Waals surface area contributed by atoms with Crippen LogP contribution in [0.2, 0.25) is 0 Å². The molecule has 0 bridgehead atoms. The Kier molecular flexibility index (Phi) is 2.53. The van der Waals surface area contributed by atoms with Crippen LogP contribution in [0.5, 0.6) is 0 Å². The van der Waals surface area contributed by atoms with Crippen LogP contribution in [0, 0.1) is 0 Å². The van der Waals surface area contributed by atoms with Gasteiger partial charge in [0, 0.05) is 12.1 Å². The molecule has 0 aliphatic carbocycles. The van der Waals surface area contributed by atoms with Crippen LogP contribution >= 0.6 is 0 Å². The van der Waals surface area contributed by atoms with Gasteiger partial charge in [-0.1, -0.05) is 18.2 Å². The average Bonchev–Trinajstić information content (AvgIpc) is 2.91. The Hall–Kier alpha value is -1.87. The lowest BCUT2D eigenvalue weighted by Gasteiger charge is -2.19. The molecule has 1 aliphatic heterocycles. The third-order valence-electron chi connectivity index (χ3n) is 3.13. The summed E-state index contributed by atoms with van der Waals surface area (Å²) in [4.78, 5) is 12.3. The molecule has 1 aromatic carbocycles. The molecule has 0 unspecified atom stereocenters. The highest BCUT2D eigenvalue weighted by Gasteiger charge is 2.19. The molecule has 3 heteroatoms. The van der Waals surface area contributed by atoms with Gasteiger partial charge in [-0.15, -0.1) is 0 Å². The zero-order valence-electron chi connectivity index (χ0n) is 9.40. The summed E-state index contributed by atoms with van der Waals surface area (Å²) >= 11 is 0. The molecule has 1 aliphatic rings. The van der Waals surface area contributed by atoms with Crippen molar-refractivity contribution in [1.29, 1.82) is 0 Å². The van der Waals surface area contributed by atoms with Crippen LogP contribution in [0.15, 0.2) is 41.0 Å². The van der Waals surface area contributed by atoms with Gasteiger partial charge in [-0.2, -0.15) is 0 Å². The lowest BCUT2D eigenvalue weighted by molar-refractivity contribution is 0.101. The predicted octanol–water partition coefficient (Wildman–Crippen LogP) is 2.16. The quantitative estimate of drug-likeness (QED) is 0.799. The van der Waals surface area contributed by atoms with Gasteiger partial charge in [-0.3, -0.25) is 4.79 Å². The largest absolute Gasteiger partial charge is 0.461 e. The molecular formula is C14H13NO2. The monoisotopic (exact) mass is 227 g/mol. The molecule has 3 nitrogen and oxygen atoms in total. The van der Waals surface area contributed by atoms with E-state index in [4.69, 9.17) is 4.42 Å². The maximum Gasteiger partial charge on any atom is 0.228 e. The van der Waals surface area contributed by atoms with Crippen LogP contribution in [-0.2, 0) is 13.0 Å². The van der Waals surface area contributed by atoms with Crippen LogP contribution in [-0.4, -0.2) is 12.3 Å². The van der Waals surface area contributed by atoms with Crippen LogP contribution < -0.4 is 5.32 Å². The third kappa shape index (κ3) is 1.78. The second-order valence-electron chi connectivity index (χ2n) is 4.18. The van der Waals surface area contributed by atoms with E-state index in [1.165, 1.54) is 11.8 Å². The van der Waals surface area contributed by atoms with Crippen LogP contribution in [0.4, 0.5) is 0 Å². The third-order valence-corrected chi connectivity index (χ3v) is 3.13. The number of carbonyl (C=O) groups excluding carboxylic acids is 1. The lowest BCUT2D eigenvalue weighted by Crippen LogP contribution is -2.25. The number of hydrogen-bond donors (Lipinski definition) is 1. The number of fused-ring (bicyclic) bond motifs is 1. The maximum atomic E-state index is 12.3. The molecule has 2 heterocycles. The number of carbonyl (C=O) groups is 1. The maximum absolute atomic E-state index is 12.3. The summed E-state index contributed by atoms with van der Waals surface area (Å²) < 4.78 is 5.18.